The molecule has 0 aliphatic rings. The third-order valence-corrected chi connectivity index (χ3v) is 5.07. The summed E-state index contributed by atoms with van der Waals surface area (Å²) in [7, 11) is 0. The molecule has 0 radical (unpaired) electrons. The predicted molar refractivity (Wildman–Crippen MR) is 109 cm³/mol. The molecule has 0 unspecified atom stereocenters. The van der Waals surface area contributed by atoms with Gasteiger partial charge in [-0.1, -0.05) is 18.2 Å². The van der Waals surface area contributed by atoms with Crippen molar-refractivity contribution in [2.75, 3.05) is 5.32 Å². The maximum atomic E-state index is 13.4. The van der Waals surface area contributed by atoms with Gasteiger partial charge in [-0.25, -0.2) is 19.3 Å². The van der Waals surface area contributed by atoms with Gasteiger partial charge in [-0.2, -0.15) is 0 Å². The number of halogens is 1. The number of rotatable bonds is 5. The van der Waals surface area contributed by atoms with Crippen LogP contribution >= 0.6 is 11.3 Å². The summed E-state index contributed by atoms with van der Waals surface area (Å²) >= 11 is 1.21. The number of ether oxygens (including phenoxy) is 1. The number of aromatic nitrogens is 3. The first-order chi connectivity index (χ1) is 14.1. The zero-order valence-electron chi connectivity index (χ0n) is 15.3. The van der Waals surface area contributed by atoms with Crippen molar-refractivity contribution < 1.29 is 13.9 Å². The molecule has 0 aliphatic heterocycles. The summed E-state index contributed by atoms with van der Waals surface area (Å²) in [4.78, 5) is 26.0. The van der Waals surface area contributed by atoms with E-state index in [1.54, 1.807) is 61.8 Å². The number of benzene rings is 2. The molecule has 0 saturated carbocycles. The first-order valence-corrected chi connectivity index (χ1v) is 9.50. The number of anilines is 1. The Hall–Kier alpha value is -3.65. The summed E-state index contributed by atoms with van der Waals surface area (Å²) in [5.74, 6) is 0.483. The molecular weight excluding hydrogens is 391 g/mol. The quantitative estimate of drug-likeness (QED) is 0.499. The number of hydrogen-bond donors (Lipinski definition) is 1. The van der Waals surface area contributed by atoms with Gasteiger partial charge < -0.3 is 10.1 Å². The van der Waals surface area contributed by atoms with Crippen LogP contribution in [-0.4, -0.2) is 20.9 Å². The molecule has 1 N–H and O–H groups in total. The Morgan fingerprint density at radius 3 is 2.66 bits per heavy atom. The smallest absolute Gasteiger partial charge is 0.267 e. The van der Waals surface area contributed by atoms with Crippen LogP contribution in [0, 0.1) is 12.7 Å². The van der Waals surface area contributed by atoms with Crippen LogP contribution in [0.3, 0.4) is 0 Å². The number of para-hydroxylation sites is 2. The number of thiazole rings is 1. The van der Waals surface area contributed by atoms with E-state index in [-0.39, 0.29) is 5.91 Å². The Labute approximate surface area is 170 Å². The fourth-order valence-electron chi connectivity index (χ4n) is 2.61. The summed E-state index contributed by atoms with van der Waals surface area (Å²) in [5, 5.41) is 3.41. The van der Waals surface area contributed by atoms with Gasteiger partial charge >= 0.3 is 0 Å². The molecule has 29 heavy (non-hydrogen) atoms. The van der Waals surface area contributed by atoms with Crippen LogP contribution in [0.4, 0.5) is 10.1 Å². The number of hydrogen-bond acceptors (Lipinski definition) is 6. The highest BCUT2D eigenvalue weighted by Crippen LogP contribution is 2.31. The number of nitrogens with one attached hydrogen (secondary N) is 1. The normalized spacial score (nSPS) is 10.6. The van der Waals surface area contributed by atoms with Gasteiger partial charge in [0.1, 0.15) is 16.4 Å². The molecule has 0 spiro atoms. The minimum Gasteiger partial charge on any atom is -0.455 e. The van der Waals surface area contributed by atoms with Gasteiger partial charge in [0.25, 0.3) is 5.91 Å². The van der Waals surface area contributed by atoms with E-state index >= 15 is 0 Å². The summed E-state index contributed by atoms with van der Waals surface area (Å²) in [6.07, 6.45) is 3.25. The van der Waals surface area contributed by atoms with E-state index in [1.807, 2.05) is 0 Å². The third-order valence-electron chi connectivity index (χ3n) is 3.92. The van der Waals surface area contributed by atoms with Gasteiger partial charge in [0.05, 0.1) is 11.4 Å². The van der Waals surface area contributed by atoms with E-state index in [0.29, 0.717) is 38.6 Å². The minimum atomic E-state index is -0.403. The second-order valence-electron chi connectivity index (χ2n) is 6.02. The van der Waals surface area contributed by atoms with Crippen molar-refractivity contribution in [1.82, 2.24) is 15.0 Å². The Bertz CT molecular complexity index is 1160. The fourth-order valence-corrected chi connectivity index (χ4v) is 3.52. The minimum absolute atomic E-state index is 0.322. The van der Waals surface area contributed by atoms with Gasteiger partial charge in [-0.3, -0.25) is 4.79 Å². The Balaban J connectivity index is 1.57. The molecule has 0 saturated heterocycles. The zero-order valence-corrected chi connectivity index (χ0v) is 16.1. The van der Waals surface area contributed by atoms with Crippen LogP contribution in [-0.2, 0) is 0 Å². The highest BCUT2D eigenvalue weighted by atomic mass is 32.1. The first kappa shape index (κ1) is 18.7. The molecule has 8 heteroatoms. The number of aryl methyl sites for hydroxylation is 1. The van der Waals surface area contributed by atoms with Crippen molar-refractivity contribution in [3.63, 3.8) is 0 Å². The summed E-state index contributed by atoms with van der Waals surface area (Å²) in [5.41, 5.74) is 1.05. The monoisotopic (exact) mass is 406 g/mol. The van der Waals surface area contributed by atoms with Crippen LogP contribution in [0.15, 0.2) is 67.0 Å². The highest BCUT2D eigenvalue weighted by molar-refractivity contribution is 7.17. The van der Waals surface area contributed by atoms with Gasteiger partial charge in [-0.05, 0) is 37.3 Å². The lowest BCUT2D eigenvalue weighted by Gasteiger charge is -2.12. The highest BCUT2D eigenvalue weighted by Gasteiger charge is 2.19. The molecule has 6 nitrogen and oxygen atoms in total. The molecule has 144 valence electrons. The van der Waals surface area contributed by atoms with Crippen LogP contribution in [0.25, 0.3) is 10.8 Å². The molecule has 4 rings (SSSR count). The van der Waals surface area contributed by atoms with Crippen LogP contribution in [0.1, 0.15) is 15.4 Å². The van der Waals surface area contributed by atoms with Crippen molar-refractivity contribution in [3.8, 4) is 22.3 Å². The van der Waals surface area contributed by atoms with Crippen molar-refractivity contribution in [2.24, 2.45) is 0 Å². The second-order valence-corrected chi connectivity index (χ2v) is 7.01. The van der Waals surface area contributed by atoms with Crippen LogP contribution in [0.5, 0.6) is 11.5 Å². The predicted octanol–water partition coefficient (Wildman–Crippen LogP) is 5.09. The lowest BCUT2D eigenvalue weighted by molar-refractivity contribution is 0.102. The van der Waals surface area contributed by atoms with Crippen LogP contribution in [0.2, 0.25) is 0 Å². The molecule has 0 atom stereocenters. The van der Waals surface area contributed by atoms with Crippen molar-refractivity contribution >= 4 is 22.9 Å². The van der Waals surface area contributed by atoms with E-state index in [1.165, 1.54) is 23.5 Å². The molecule has 2 aromatic heterocycles. The molecule has 4 aromatic rings. The van der Waals surface area contributed by atoms with Gasteiger partial charge in [0, 0.05) is 18.5 Å². The molecular formula is C21H15FN4O2S. The number of carbonyl (C=O) groups excluding carboxylic acids is 1. The van der Waals surface area contributed by atoms with Crippen LogP contribution < -0.4 is 10.1 Å². The molecule has 1 amide bonds. The summed E-state index contributed by atoms with van der Waals surface area (Å²) < 4.78 is 19.2. The summed E-state index contributed by atoms with van der Waals surface area (Å²) in [6, 6.07) is 14.5. The van der Waals surface area contributed by atoms with E-state index in [4.69, 9.17) is 4.74 Å². The van der Waals surface area contributed by atoms with Gasteiger partial charge in [-0.15, -0.1) is 11.3 Å². The van der Waals surface area contributed by atoms with Gasteiger partial charge in [0.2, 0.25) is 0 Å². The lowest BCUT2D eigenvalue weighted by atomic mass is 10.2. The molecule has 2 aromatic carbocycles. The number of amides is 1. The van der Waals surface area contributed by atoms with Crippen molar-refractivity contribution in [2.45, 2.75) is 6.92 Å². The van der Waals surface area contributed by atoms with E-state index in [0.717, 1.165) is 0 Å². The molecule has 0 aliphatic carbocycles. The summed E-state index contributed by atoms with van der Waals surface area (Å²) in [6.45, 7) is 1.76. The third kappa shape index (κ3) is 4.27. The van der Waals surface area contributed by atoms with E-state index in [2.05, 4.69) is 20.3 Å². The SMILES string of the molecule is Cc1nc(-c2ncccn2)sc1C(=O)Nc1ccccc1Oc1cccc(F)c1. The largest absolute Gasteiger partial charge is 0.455 e. The average molecular weight is 406 g/mol. The number of nitrogens with zero attached hydrogens (tertiary/aromatic N) is 3. The van der Waals surface area contributed by atoms with Crippen molar-refractivity contribution in [3.05, 3.63) is 83.4 Å². The standard InChI is InChI=1S/C21H15FN4O2S/c1-13-18(29-21(25-13)19-23-10-5-11-24-19)20(27)26-16-8-2-3-9-17(16)28-15-7-4-6-14(22)12-15/h2-12H,1H3,(H,26,27). The Morgan fingerprint density at radius 2 is 1.86 bits per heavy atom. The molecule has 0 bridgehead atoms. The van der Waals surface area contributed by atoms with E-state index < -0.39 is 5.82 Å². The van der Waals surface area contributed by atoms with E-state index in [9.17, 15) is 9.18 Å². The van der Waals surface area contributed by atoms with Crippen molar-refractivity contribution in [1.29, 1.82) is 0 Å². The average Bonchev–Trinajstić information content (AvgIpc) is 3.12. The Morgan fingerprint density at radius 1 is 1.07 bits per heavy atom. The fraction of sp³-hybridized carbons (Fsp3) is 0.0476. The van der Waals surface area contributed by atoms with Gasteiger partial charge in [0.15, 0.2) is 16.6 Å². The second kappa shape index (κ2) is 8.15. The number of carbonyl (C=O) groups is 1. The Kier molecular flexibility index (Phi) is 5.26. The molecule has 2 heterocycles. The topological polar surface area (TPSA) is 77.0 Å². The molecule has 0 fully saturated rings. The lowest BCUT2D eigenvalue weighted by Crippen LogP contribution is -2.12. The maximum Gasteiger partial charge on any atom is 0.267 e. The first-order valence-electron chi connectivity index (χ1n) is 8.69. The maximum absolute atomic E-state index is 13.4. The zero-order chi connectivity index (χ0) is 20.2.